The molecule has 1 aromatic heterocycles. The van der Waals surface area contributed by atoms with Gasteiger partial charge in [-0.25, -0.2) is 41.8 Å². The number of rotatable bonds is 3. The van der Waals surface area contributed by atoms with Crippen molar-refractivity contribution in [2.75, 3.05) is 33.1 Å². The van der Waals surface area contributed by atoms with Crippen molar-refractivity contribution in [3.63, 3.8) is 0 Å². The normalized spacial score (nSPS) is 12.6. The molecule has 4 N–H and O–H groups in total. The number of anilines is 1. The van der Waals surface area contributed by atoms with Gasteiger partial charge in [0.1, 0.15) is 14.1 Å². The Balaban J connectivity index is 0.000000894. The van der Waals surface area contributed by atoms with Gasteiger partial charge in [0.2, 0.25) is 0 Å². The molecule has 1 heterocycles. The molecule has 1 aromatic carbocycles. The van der Waals surface area contributed by atoms with Gasteiger partial charge in [0.05, 0.1) is 0 Å². The van der Waals surface area contributed by atoms with Crippen LogP contribution in [0.1, 0.15) is 11.1 Å². The molecule has 0 atom stereocenters. The topological polar surface area (TPSA) is 227 Å². The van der Waals surface area contributed by atoms with Crippen LogP contribution < -0.4 is 48.3 Å². The van der Waals surface area contributed by atoms with Crippen molar-refractivity contribution in [2.24, 2.45) is 0 Å². The van der Waals surface area contributed by atoms with E-state index in [9.17, 15) is 0 Å². The first-order valence-corrected chi connectivity index (χ1v) is 12.7. The fraction of sp³-hybridized carbons (Fsp3) is 0.190. The predicted molar refractivity (Wildman–Crippen MR) is 112 cm³/mol. The molecule has 0 unspecified atom stereocenters. The van der Waals surface area contributed by atoms with Gasteiger partial charge >= 0.3 is 0 Å². The van der Waals surface area contributed by atoms with Crippen LogP contribution in [0.25, 0.3) is 5.57 Å². The van der Waals surface area contributed by atoms with Crippen LogP contribution in [0.5, 0.6) is 0 Å². The third-order valence-electron chi connectivity index (χ3n) is 4.15. The van der Waals surface area contributed by atoms with Gasteiger partial charge < -0.3 is 11.1 Å². The molecule has 0 radical (unpaired) electrons. The maximum Gasteiger partial charge on any atom is 0.199 e. The smallest absolute Gasteiger partial charge is 0.199 e. The maximum absolute atomic E-state index is 8.49. The molecule has 0 bridgehead atoms. The number of hydrogen-bond acceptors (Lipinski definition) is 10. The van der Waals surface area contributed by atoms with Crippen LogP contribution >= 0.6 is 11.3 Å². The highest BCUT2D eigenvalue weighted by molar-refractivity contribution is 7.08. The molecule has 0 aliphatic heterocycles. The van der Waals surface area contributed by atoms with Crippen molar-refractivity contribution in [3.05, 3.63) is 82.1 Å². The summed E-state index contributed by atoms with van der Waals surface area (Å²) in [6.45, 7) is 0. The van der Waals surface area contributed by atoms with Gasteiger partial charge in [-0.3, -0.25) is 0 Å². The Morgan fingerprint density at radius 2 is 1.20 bits per heavy atom. The van der Waals surface area contributed by atoms with Crippen molar-refractivity contribution in [1.82, 2.24) is 6.15 Å². The number of quaternary nitrogens is 1. The van der Waals surface area contributed by atoms with E-state index in [2.05, 4.69) is 103 Å². The number of thiophene rings is 1. The molecule has 1 aliphatic rings. The van der Waals surface area contributed by atoms with E-state index in [1.54, 1.807) is 11.3 Å². The molecule has 2 aromatic rings. The van der Waals surface area contributed by atoms with Gasteiger partial charge in [-0.15, -0.1) is 20.5 Å². The molecule has 0 amide bonds. The van der Waals surface area contributed by atoms with Crippen LogP contribution in [0.3, 0.4) is 0 Å². The second-order valence-electron chi connectivity index (χ2n) is 7.03. The molecule has 35 heavy (non-hydrogen) atoms. The van der Waals surface area contributed by atoms with E-state index in [4.69, 9.17) is 37.3 Å². The first kappa shape index (κ1) is 32.8. The molecule has 3 rings (SSSR count). The summed E-state index contributed by atoms with van der Waals surface area (Å²) in [5.74, 6) is 0. The summed E-state index contributed by atoms with van der Waals surface area (Å²) in [6.07, 6.45) is 8.77. The highest BCUT2D eigenvalue weighted by Gasteiger charge is 2.13. The molecule has 14 heteroatoms. The fourth-order valence-corrected chi connectivity index (χ4v) is 3.41. The Bertz CT molecular complexity index is 994. The van der Waals surface area contributed by atoms with E-state index in [1.807, 2.05) is 0 Å². The summed E-state index contributed by atoms with van der Waals surface area (Å²) in [7, 11) is -1.62. The molecule has 0 spiro atoms. The SMILES string of the molecule is CN(C)c1ccc(C(=C2C=CC(=[N+](C)C)C=C2)c2ccsc2)cc1.[NH4+].[O-][Cl+3]([O-])([O-])[O-].[O-][Cl+3]([O-])([O-])[O-]. The van der Waals surface area contributed by atoms with Crippen molar-refractivity contribution in [3.8, 4) is 0 Å². The van der Waals surface area contributed by atoms with Gasteiger partial charge in [0.15, 0.2) is 5.71 Å². The number of nitrogens with zero attached hydrogens (tertiary/aromatic N) is 2. The Hall–Kier alpha value is -2.17. The zero-order valence-electron chi connectivity index (χ0n) is 19.7. The lowest BCUT2D eigenvalue weighted by molar-refractivity contribution is -2.00. The van der Waals surface area contributed by atoms with Crippen LogP contribution in [0, 0.1) is 20.5 Å². The van der Waals surface area contributed by atoms with Crippen LogP contribution in [0.4, 0.5) is 5.69 Å². The average Bonchev–Trinajstić information content (AvgIpc) is 3.21. The quantitative estimate of drug-likeness (QED) is 0.360. The minimum absolute atomic E-state index is 0. The maximum atomic E-state index is 8.49. The van der Waals surface area contributed by atoms with Gasteiger partial charge in [-0.05, 0) is 63.4 Å². The molecule has 194 valence electrons. The van der Waals surface area contributed by atoms with E-state index in [0.717, 1.165) is 0 Å². The van der Waals surface area contributed by atoms with Crippen molar-refractivity contribution in [1.29, 1.82) is 0 Å². The van der Waals surface area contributed by atoms with E-state index in [1.165, 1.54) is 33.7 Å². The minimum atomic E-state index is -4.94. The monoisotopic (exact) mass is 551 g/mol. The molecule has 1 aliphatic carbocycles. The zero-order chi connectivity index (χ0) is 26.1. The third kappa shape index (κ3) is 14.1. The van der Waals surface area contributed by atoms with Crippen LogP contribution in [-0.2, 0) is 0 Å². The lowest BCUT2D eigenvalue weighted by Crippen LogP contribution is -2.68. The van der Waals surface area contributed by atoms with E-state index in [0.29, 0.717) is 0 Å². The summed E-state index contributed by atoms with van der Waals surface area (Å²) in [6, 6.07) is 11.0. The molecule has 0 saturated carbocycles. The Morgan fingerprint density at radius 1 is 0.743 bits per heavy atom. The van der Waals surface area contributed by atoms with Gasteiger partial charge in [0.25, 0.3) is 0 Å². The van der Waals surface area contributed by atoms with Gasteiger partial charge in [0, 0.05) is 31.9 Å². The highest BCUT2D eigenvalue weighted by Crippen LogP contribution is 2.31. The number of benzene rings is 1. The Labute approximate surface area is 211 Å². The fourth-order valence-electron chi connectivity index (χ4n) is 2.76. The number of halogens is 2. The second kappa shape index (κ2) is 14.4. The Morgan fingerprint density at radius 3 is 1.54 bits per heavy atom. The van der Waals surface area contributed by atoms with Crippen LogP contribution in [-0.4, -0.2) is 38.5 Å². The molecular weight excluding hydrogens is 525 g/mol. The molecule has 11 nitrogen and oxygen atoms in total. The molecule has 0 fully saturated rings. The van der Waals surface area contributed by atoms with E-state index >= 15 is 0 Å². The lowest BCUT2D eigenvalue weighted by atomic mass is 9.92. The second-order valence-corrected chi connectivity index (χ2v) is 9.32. The van der Waals surface area contributed by atoms with Gasteiger partial charge in [-0.1, -0.05) is 12.1 Å². The largest absolute Gasteiger partial charge is 0.378 e. The van der Waals surface area contributed by atoms with Crippen LogP contribution in [0.2, 0.25) is 0 Å². The summed E-state index contributed by atoms with van der Waals surface area (Å²) < 4.78 is 70.1. The summed E-state index contributed by atoms with van der Waals surface area (Å²) >= 11 is 1.74. The lowest BCUT2D eigenvalue weighted by Gasteiger charge is -2.17. The number of hydrogen-bond donors (Lipinski definition) is 1. The number of allylic oxidation sites excluding steroid dienone is 5. The van der Waals surface area contributed by atoms with Crippen molar-refractivity contribution >= 4 is 28.3 Å². The van der Waals surface area contributed by atoms with E-state index in [-0.39, 0.29) is 6.15 Å². The van der Waals surface area contributed by atoms with Gasteiger partial charge in [-0.2, -0.15) is 11.3 Å². The van der Waals surface area contributed by atoms with Crippen molar-refractivity contribution in [2.45, 2.75) is 0 Å². The average molecular weight is 552 g/mol. The van der Waals surface area contributed by atoms with Crippen LogP contribution in [0.15, 0.2) is 71.0 Å². The zero-order valence-corrected chi connectivity index (χ0v) is 22.0. The van der Waals surface area contributed by atoms with Crippen molar-refractivity contribution < 1.29 is 62.3 Å². The minimum Gasteiger partial charge on any atom is -0.378 e. The summed E-state index contributed by atoms with van der Waals surface area (Å²) in [5.41, 5.74) is 7.48. The first-order valence-electron chi connectivity index (χ1n) is 9.25. The molecular formula is C21H27Cl2N3O8S. The molecule has 0 saturated heterocycles. The highest BCUT2D eigenvalue weighted by atomic mass is 35.7. The Kier molecular flexibility index (Phi) is 13.5. The standard InChI is InChI=1S/C21H23N2S.2ClHO4.H3N/c1-22(2)19-9-5-16(6-10-19)21(18-13-14-24-15-18)17-7-11-20(12-8-17)23(3)4;2*2-1(3,4)5;/h5-15H,1-4H3;2*(H,2,3,4,5);1H3/q+1;;;/p-1. The summed E-state index contributed by atoms with van der Waals surface area (Å²) in [4.78, 5) is 2.12. The predicted octanol–water partition coefficient (Wildman–Crippen LogP) is -4.68. The third-order valence-corrected chi connectivity index (χ3v) is 4.84. The summed E-state index contributed by atoms with van der Waals surface area (Å²) in [5, 5.41) is 4.35. The van der Waals surface area contributed by atoms with E-state index < -0.39 is 20.5 Å². The first-order chi connectivity index (χ1) is 15.6.